The molecule has 0 spiro atoms. The quantitative estimate of drug-likeness (QED) is 0.657. The summed E-state index contributed by atoms with van der Waals surface area (Å²) >= 11 is 0.991. The van der Waals surface area contributed by atoms with Gasteiger partial charge in [0, 0.05) is 11.6 Å². The molecule has 1 N–H and O–H groups in total. The summed E-state index contributed by atoms with van der Waals surface area (Å²) in [6.45, 7) is 1.74. The van der Waals surface area contributed by atoms with Gasteiger partial charge in [-0.1, -0.05) is 49.0 Å². The van der Waals surface area contributed by atoms with E-state index in [0.29, 0.717) is 12.1 Å². The van der Waals surface area contributed by atoms with Gasteiger partial charge in [0.2, 0.25) is 0 Å². The summed E-state index contributed by atoms with van der Waals surface area (Å²) in [4.78, 5) is 29.4. The summed E-state index contributed by atoms with van der Waals surface area (Å²) in [5, 5.41) is 10.5. The monoisotopic (exact) mass is 289 g/mol. The molecular weight excluding hydrogens is 276 g/mol. The molecule has 0 fully saturated rings. The Morgan fingerprint density at radius 1 is 1.40 bits per heavy atom. The number of aliphatic carboxylic acids is 1. The van der Waals surface area contributed by atoms with Crippen molar-refractivity contribution in [2.75, 3.05) is 0 Å². The Kier molecular flexibility index (Phi) is 4.57. The number of H-pyrrole nitrogens is 1. The lowest BCUT2D eigenvalue weighted by Crippen LogP contribution is -2.33. The molecule has 0 saturated carbocycles. The second kappa shape index (κ2) is 6.38. The predicted octanol–water partition coefficient (Wildman–Crippen LogP) is 1.06. The number of aromatic amines is 1. The molecule has 1 heterocycles. The Morgan fingerprint density at radius 2 is 2.10 bits per heavy atom. The molecule has 2 rings (SSSR count). The Hall–Kier alpha value is -2.08. The maximum atomic E-state index is 11.7. The molecule has 20 heavy (non-hydrogen) atoms. The Morgan fingerprint density at radius 3 is 2.70 bits per heavy atom. The van der Waals surface area contributed by atoms with Crippen molar-refractivity contribution in [3.8, 4) is 11.3 Å². The zero-order valence-electron chi connectivity index (χ0n) is 10.8. The number of rotatable bonds is 5. The van der Waals surface area contributed by atoms with Gasteiger partial charge in [-0.25, -0.2) is 4.98 Å². The number of nitrogens with one attached hydrogen (secondary N) is 1. The first kappa shape index (κ1) is 14.3. The third-order valence-corrected chi connectivity index (χ3v) is 3.90. The van der Waals surface area contributed by atoms with E-state index in [0.717, 1.165) is 17.3 Å². The number of carboxylic acids is 1. The smallest absolute Gasteiger partial charge is 0.252 e. The van der Waals surface area contributed by atoms with E-state index in [-0.39, 0.29) is 10.7 Å². The minimum atomic E-state index is -1.16. The van der Waals surface area contributed by atoms with Crippen molar-refractivity contribution in [2.24, 2.45) is 0 Å². The van der Waals surface area contributed by atoms with Gasteiger partial charge >= 0.3 is 0 Å². The lowest BCUT2D eigenvalue weighted by Gasteiger charge is -2.14. The van der Waals surface area contributed by atoms with E-state index >= 15 is 0 Å². The van der Waals surface area contributed by atoms with Crippen molar-refractivity contribution in [1.82, 2.24) is 9.97 Å². The number of carbonyl (C=O) groups is 1. The predicted molar refractivity (Wildman–Crippen MR) is 75.2 cm³/mol. The van der Waals surface area contributed by atoms with Crippen molar-refractivity contribution in [2.45, 2.75) is 23.8 Å². The van der Waals surface area contributed by atoms with Gasteiger partial charge in [-0.15, -0.1) is 0 Å². The van der Waals surface area contributed by atoms with Gasteiger partial charge in [-0.05, 0) is 6.42 Å². The van der Waals surface area contributed by atoms with Crippen LogP contribution in [0.2, 0.25) is 0 Å². The fourth-order valence-electron chi connectivity index (χ4n) is 1.68. The van der Waals surface area contributed by atoms with E-state index in [4.69, 9.17) is 0 Å². The average Bonchev–Trinajstić information content (AvgIpc) is 2.45. The first-order chi connectivity index (χ1) is 9.60. The van der Waals surface area contributed by atoms with E-state index in [1.54, 1.807) is 6.92 Å². The summed E-state index contributed by atoms with van der Waals surface area (Å²) in [5.74, 6) is -1.16. The number of hydrogen-bond donors (Lipinski definition) is 1. The van der Waals surface area contributed by atoms with Gasteiger partial charge in [-0.3, -0.25) is 4.79 Å². The average molecular weight is 289 g/mol. The summed E-state index contributed by atoms with van der Waals surface area (Å²) in [6, 6.07) is 10.6. The number of carbonyl (C=O) groups excluding carboxylic acids is 1. The number of aromatic nitrogens is 2. The van der Waals surface area contributed by atoms with Crippen LogP contribution in [0.15, 0.2) is 46.3 Å². The number of hydrogen-bond acceptors (Lipinski definition) is 5. The third kappa shape index (κ3) is 3.48. The van der Waals surface area contributed by atoms with Crippen LogP contribution in [-0.2, 0) is 4.79 Å². The highest BCUT2D eigenvalue weighted by Crippen LogP contribution is 2.23. The van der Waals surface area contributed by atoms with Crippen LogP contribution in [-0.4, -0.2) is 21.2 Å². The van der Waals surface area contributed by atoms with Crippen molar-refractivity contribution >= 4 is 17.7 Å². The topological polar surface area (TPSA) is 85.9 Å². The minimum Gasteiger partial charge on any atom is -0.549 e. The van der Waals surface area contributed by atoms with Crippen LogP contribution in [0, 0.1) is 0 Å². The Balaban J connectivity index is 2.34. The number of benzene rings is 1. The van der Waals surface area contributed by atoms with Crippen LogP contribution >= 0.6 is 11.8 Å². The molecule has 0 aliphatic heterocycles. The maximum absolute atomic E-state index is 11.7. The van der Waals surface area contributed by atoms with Crippen LogP contribution in [0.1, 0.15) is 13.3 Å². The fourth-order valence-corrected chi connectivity index (χ4v) is 2.52. The summed E-state index contributed by atoms with van der Waals surface area (Å²) < 4.78 is 0. The molecule has 1 aromatic heterocycles. The normalized spacial score (nSPS) is 12.1. The van der Waals surface area contributed by atoms with Gasteiger partial charge in [0.15, 0.2) is 5.16 Å². The molecule has 0 bridgehead atoms. The van der Waals surface area contributed by atoms with Gasteiger partial charge in [-0.2, -0.15) is 0 Å². The summed E-state index contributed by atoms with van der Waals surface area (Å²) in [5.41, 5.74) is 1.02. The lowest BCUT2D eigenvalue weighted by molar-refractivity contribution is -0.304. The molecule has 2 aromatic rings. The van der Waals surface area contributed by atoms with Crippen molar-refractivity contribution < 1.29 is 9.90 Å². The van der Waals surface area contributed by atoms with Crippen LogP contribution in [0.25, 0.3) is 11.3 Å². The fraction of sp³-hybridized carbons (Fsp3) is 0.214. The van der Waals surface area contributed by atoms with Gasteiger partial charge in [0.25, 0.3) is 5.56 Å². The second-order valence-corrected chi connectivity index (χ2v) is 5.33. The molecule has 1 aromatic carbocycles. The molecule has 0 aliphatic rings. The van der Waals surface area contributed by atoms with Gasteiger partial charge in [0.1, 0.15) is 0 Å². The first-order valence-corrected chi connectivity index (χ1v) is 7.02. The van der Waals surface area contributed by atoms with E-state index in [9.17, 15) is 14.7 Å². The second-order valence-electron chi connectivity index (χ2n) is 4.14. The van der Waals surface area contributed by atoms with Crippen LogP contribution in [0.5, 0.6) is 0 Å². The highest BCUT2D eigenvalue weighted by molar-refractivity contribution is 8.00. The first-order valence-electron chi connectivity index (χ1n) is 6.14. The molecule has 0 saturated heterocycles. The zero-order valence-corrected chi connectivity index (χ0v) is 11.6. The summed E-state index contributed by atoms with van der Waals surface area (Å²) in [7, 11) is 0. The number of nitrogens with zero attached hydrogens (tertiary/aromatic N) is 1. The third-order valence-electron chi connectivity index (χ3n) is 2.68. The van der Waals surface area contributed by atoms with E-state index < -0.39 is 11.2 Å². The highest BCUT2D eigenvalue weighted by Gasteiger charge is 2.12. The van der Waals surface area contributed by atoms with E-state index in [1.807, 2.05) is 30.3 Å². The number of carboxylic acid groups (broad SMARTS) is 1. The molecule has 1 atom stereocenters. The molecule has 0 unspecified atom stereocenters. The standard InChI is InChI=1S/C14H14N2O3S/c1-2-11(13(18)19)20-14-15-10(8-12(17)16-14)9-6-4-3-5-7-9/h3-8,11H,2H2,1H3,(H,18,19)(H,15,16,17)/p-1/t11-/m0/s1. The highest BCUT2D eigenvalue weighted by atomic mass is 32.2. The van der Waals surface area contributed by atoms with Crippen LogP contribution < -0.4 is 10.7 Å². The molecule has 0 aliphatic carbocycles. The summed E-state index contributed by atoms with van der Waals surface area (Å²) in [6.07, 6.45) is 0.395. The van der Waals surface area contributed by atoms with Crippen molar-refractivity contribution in [3.63, 3.8) is 0 Å². The Bertz CT molecular complexity index is 655. The van der Waals surface area contributed by atoms with E-state index in [1.165, 1.54) is 6.07 Å². The SMILES string of the molecule is CC[C@H](Sc1nc(-c2ccccc2)cc(=O)[nH]1)C(=O)[O-]. The van der Waals surface area contributed by atoms with Gasteiger partial charge in [0.05, 0.1) is 16.9 Å². The number of thioether (sulfide) groups is 1. The lowest BCUT2D eigenvalue weighted by atomic mass is 10.1. The van der Waals surface area contributed by atoms with Gasteiger partial charge < -0.3 is 14.9 Å². The van der Waals surface area contributed by atoms with Crippen molar-refractivity contribution in [3.05, 3.63) is 46.8 Å². The Labute approximate surface area is 120 Å². The molecule has 0 radical (unpaired) electrons. The molecule has 0 amide bonds. The van der Waals surface area contributed by atoms with Crippen molar-refractivity contribution in [1.29, 1.82) is 0 Å². The van der Waals surface area contributed by atoms with Crippen LogP contribution in [0.4, 0.5) is 0 Å². The zero-order chi connectivity index (χ0) is 14.5. The van der Waals surface area contributed by atoms with E-state index in [2.05, 4.69) is 9.97 Å². The maximum Gasteiger partial charge on any atom is 0.252 e. The molecule has 104 valence electrons. The molecular formula is C14H13N2O3S-. The molecule has 5 nitrogen and oxygen atoms in total. The van der Waals surface area contributed by atoms with Crippen LogP contribution in [0.3, 0.4) is 0 Å². The molecule has 6 heteroatoms. The minimum absolute atomic E-state index is 0.285. The largest absolute Gasteiger partial charge is 0.549 e.